The second kappa shape index (κ2) is 7.40. The molecule has 0 nitrogen and oxygen atoms in total. The van der Waals surface area contributed by atoms with Crippen LogP contribution < -0.4 is 0 Å². The van der Waals surface area contributed by atoms with Gasteiger partial charge in [0.05, 0.1) is 18.9 Å². The van der Waals surface area contributed by atoms with Crippen molar-refractivity contribution in [3.05, 3.63) is 23.2 Å². The first-order valence-corrected chi connectivity index (χ1v) is 8.34. The minimum atomic E-state index is -0.650. The summed E-state index contributed by atoms with van der Waals surface area (Å²) in [5.74, 6) is 0. The zero-order valence-corrected chi connectivity index (χ0v) is 15.8. The second-order valence-electron chi connectivity index (χ2n) is 3.66. The lowest BCUT2D eigenvalue weighted by atomic mass is 10.0. The van der Waals surface area contributed by atoms with Crippen LogP contribution >= 0.6 is 82.6 Å². The fraction of sp³-hybridized carbons (Fsp3) is 0.600. The molecule has 0 aromatic carbocycles. The van der Waals surface area contributed by atoms with Crippen molar-refractivity contribution in [2.45, 2.75) is 32.7 Å². The Hall–Kier alpha value is 1.79. The highest BCUT2D eigenvalue weighted by Gasteiger charge is 2.29. The van der Waals surface area contributed by atoms with Crippen molar-refractivity contribution in [2.24, 2.45) is 0 Å². The number of allylic oxidation sites excluding steroid dienone is 3. The van der Waals surface area contributed by atoms with E-state index in [2.05, 4.69) is 47.8 Å². The van der Waals surface area contributed by atoms with E-state index < -0.39 is 9.75 Å². The molecule has 3 unspecified atom stereocenters. The number of hydrogen-bond acceptors (Lipinski definition) is 0. The Balaban J connectivity index is 4.68. The maximum atomic E-state index is 6.23. The van der Waals surface area contributed by atoms with Gasteiger partial charge < -0.3 is 0 Å². The fourth-order valence-corrected chi connectivity index (χ4v) is 2.11. The fourth-order valence-electron chi connectivity index (χ4n) is 0.749. The van der Waals surface area contributed by atoms with Crippen LogP contribution in [-0.2, 0) is 0 Å². The first-order valence-electron chi connectivity index (χ1n) is 4.41. The molecule has 0 saturated carbocycles. The molecule has 94 valence electrons. The molecule has 0 amide bonds. The van der Waals surface area contributed by atoms with E-state index in [1.807, 2.05) is 19.9 Å². The quantitative estimate of drug-likeness (QED) is 0.328. The zero-order chi connectivity index (χ0) is 13.0. The van der Waals surface area contributed by atoms with Gasteiger partial charge in [-0.15, -0.1) is 34.8 Å². The summed E-state index contributed by atoms with van der Waals surface area (Å²) in [5.41, 5.74) is 0. The SMILES string of the molecule is CC(Cl)(C=CC(Cl)C(C)(Cl)C=CBr)C(Br)Br. The molecule has 0 radical (unpaired) electrons. The van der Waals surface area contributed by atoms with Gasteiger partial charge in [0, 0.05) is 0 Å². The van der Waals surface area contributed by atoms with E-state index in [-0.39, 0.29) is 9.11 Å². The molecule has 0 N–H and O–H groups in total. The van der Waals surface area contributed by atoms with Gasteiger partial charge in [0.1, 0.15) is 0 Å². The van der Waals surface area contributed by atoms with Crippen LogP contribution in [0.15, 0.2) is 23.2 Å². The maximum Gasteiger partial charge on any atom is 0.0921 e. The summed E-state index contributed by atoms with van der Waals surface area (Å²) in [5, 5.41) is -0.347. The standard InChI is InChI=1S/C10H12Br3Cl3/c1-9(15,5-6-11)7(14)3-4-10(2,16)8(12)13/h3-8H,1-2H3. The van der Waals surface area contributed by atoms with E-state index in [4.69, 9.17) is 34.8 Å². The molecule has 0 aliphatic heterocycles. The molecule has 6 heteroatoms. The average Bonchev–Trinajstić information content (AvgIpc) is 2.13. The number of rotatable bonds is 5. The molecule has 0 spiro atoms. The van der Waals surface area contributed by atoms with Gasteiger partial charge in [0.25, 0.3) is 0 Å². The molecule has 0 aromatic rings. The molecular weight excluding hydrogens is 466 g/mol. The van der Waals surface area contributed by atoms with Gasteiger partial charge in [-0.25, -0.2) is 0 Å². The Bertz CT molecular complexity index is 272. The predicted molar refractivity (Wildman–Crippen MR) is 87.0 cm³/mol. The lowest BCUT2D eigenvalue weighted by molar-refractivity contribution is 0.787. The topological polar surface area (TPSA) is 0 Å². The van der Waals surface area contributed by atoms with Crippen molar-refractivity contribution in [3.8, 4) is 0 Å². The average molecular weight is 478 g/mol. The summed E-state index contributed by atoms with van der Waals surface area (Å²) < 4.78 is -0.0393. The van der Waals surface area contributed by atoms with Crippen LogP contribution in [0.3, 0.4) is 0 Å². The predicted octanol–water partition coefficient (Wildman–Crippen LogP) is 6.17. The van der Waals surface area contributed by atoms with E-state index in [0.717, 1.165) is 0 Å². The normalized spacial score (nSPS) is 22.6. The van der Waals surface area contributed by atoms with E-state index in [1.54, 1.807) is 17.1 Å². The Labute approximate surface area is 137 Å². The molecule has 0 bridgehead atoms. The first-order chi connectivity index (χ1) is 7.13. The molecule has 0 aliphatic carbocycles. The van der Waals surface area contributed by atoms with E-state index in [1.165, 1.54) is 0 Å². The van der Waals surface area contributed by atoms with Gasteiger partial charge in [-0.05, 0) is 18.8 Å². The third kappa shape index (κ3) is 6.10. The molecule has 0 aromatic heterocycles. The Morgan fingerprint density at radius 3 is 1.94 bits per heavy atom. The van der Waals surface area contributed by atoms with Gasteiger partial charge in [0.15, 0.2) is 0 Å². The highest BCUT2D eigenvalue weighted by atomic mass is 79.9. The van der Waals surface area contributed by atoms with E-state index in [0.29, 0.717) is 0 Å². The Morgan fingerprint density at radius 2 is 1.56 bits per heavy atom. The number of halogens is 6. The zero-order valence-electron chi connectivity index (χ0n) is 8.73. The number of hydrogen-bond donors (Lipinski definition) is 0. The van der Waals surface area contributed by atoms with Crippen molar-refractivity contribution >= 4 is 82.6 Å². The Kier molecular flexibility index (Phi) is 8.22. The van der Waals surface area contributed by atoms with Crippen molar-refractivity contribution in [1.82, 2.24) is 0 Å². The lowest BCUT2D eigenvalue weighted by Crippen LogP contribution is -2.27. The molecule has 3 atom stereocenters. The third-order valence-electron chi connectivity index (χ3n) is 1.95. The van der Waals surface area contributed by atoms with E-state index >= 15 is 0 Å². The molecule has 0 fully saturated rings. The van der Waals surface area contributed by atoms with Crippen LogP contribution in [0.4, 0.5) is 0 Å². The lowest BCUT2D eigenvalue weighted by Gasteiger charge is -2.24. The smallest absolute Gasteiger partial charge is 0.0921 e. The van der Waals surface area contributed by atoms with E-state index in [9.17, 15) is 0 Å². The molecule has 0 saturated heterocycles. The largest absolute Gasteiger partial charge is 0.116 e. The van der Waals surface area contributed by atoms with Crippen molar-refractivity contribution in [3.63, 3.8) is 0 Å². The van der Waals surface area contributed by atoms with Crippen LogP contribution in [0.5, 0.6) is 0 Å². The summed E-state index contributed by atoms with van der Waals surface area (Å²) in [6.45, 7) is 3.70. The van der Waals surface area contributed by atoms with Crippen LogP contribution in [-0.4, -0.2) is 18.9 Å². The van der Waals surface area contributed by atoms with Gasteiger partial charge in [-0.1, -0.05) is 66.0 Å². The van der Waals surface area contributed by atoms with Crippen molar-refractivity contribution in [2.75, 3.05) is 0 Å². The molecule has 0 heterocycles. The van der Waals surface area contributed by atoms with Crippen LogP contribution in [0.25, 0.3) is 0 Å². The van der Waals surface area contributed by atoms with Crippen LogP contribution in [0.2, 0.25) is 0 Å². The monoisotopic (exact) mass is 474 g/mol. The third-order valence-corrected chi connectivity index (χ3v) is 6.06. The van der Waals surface area contributed by atoms with Crippen molar-refractivity contribution < 1.29 is 0 Å². The molecule has 0 aliphatic rings. The highest BCUT2D eigenvalue weighted by Crippen LogP contribution is 2.33. The summed E-state index contributed by atoms with van der Waals surface area (Å²) >= 11 is 28.5. The summed E-state index contributed by atoms with van der Waals surface area (Å²) in [6, 6.07) is 0. The molecule has 0 rings (SSSR count). The van der Waals surface area contributed by atoms with Gasteiger partial charge in [-0.2, -0.15) is 0 Å². The summed E-state index contributed by atoms with van der Waals surface area (Å²) in [4.78, 5) is 0.488. The van der Waals surface area contributed by atoms with Gasteiger partial charge in [0.2, 0.25) is 0 Å². The minimum absolute atomic E-state index is 0.0393. The summed E-state index contributed by atoms with van der Waals surface area (Å²) in [7, 11) is 0. The molecular formula is C10H12Br3Cl3. The van der Waals surface area contributed by atoms with Gasteiger partial charge in [-0.3, -0.25) is 0 Å². The van der Waals surface area contributed by atoms with Crippen LogP contribution in [0, 0.1) is 0 Å². The maximum absolute atomic E-state index is 6.23. The second-order valence-corrected chi connectivity index (χ2v) is 9.34. The Morgan fingerprint density at radius 1 is 1.06 bits per heavy atom. The van der Waals surface area contributed by atoms with Crippen molar-refractivity contribution in [1.29, 1.82) is 0 Å². The summed E-state index contributed by atoms with van der Waals surface area (Å²) in [6.07, 6.45) is 5.40. The minimum Gasteiger partial charge on any atom is -0.116 e. The first kappa shape index (κ1) is 17.8. The van der Waals surface area contributed by atoms with Gasteiger partial charge >= 0.3 is 0 Å². The highest BCUT2D eigenvalue weighted by molar-refractivity contribution is 9.24. The number of alkyl halides is 5. The van der Waals surface area contributed by atoms with Crippen LogP contribution in [0.1, 0.15) is 13.8 Å². The molecule has 16 heavy (non-hydrogen) atoms.